The van der Waals surface area contributed by atoms with Gasteiger partial charge in [0.1, 0.15) is 5.76 Å². The molecule has 3 heteroatoms. The van der Waals surface area contributed by atoms with Crippen LogP contribution in [0.2, 0.25) is 0 Å². The minimum Gasteiger partial charge on any atom is -0.463 e. The van der Waals surface area contributed by atoms with Crippen molar-refractivity contribution in [2.24, 2.45) is 0 Å². The zero-order valence-corrected chi connectivity index (χ0v) is 9.14. The standard InChI is InChI=1S/C13H13NO2/c1-3-6-14-10(2)11(9-15)8-12(14)13-5-4-7-16-13/h3-5,7-9H,1,6H2,2H3. The molecule has 0 bridgehead atoms. The summed E-state index contributed by atoms with van der Waals surface area (Å²) in [6.45, 7) is 6.29. The fraction of sp³-hybridized carbons (Fsp3) is 0.154. The van der Waals surface area contributed by atoms with E-state index in [0.29, 0.717) is 12.1 Å². The number of aromatic nitrogens is 1. The summed E-state index contributed by atoms with van der Waals surface area (Å²) in [7, 11) is 0. The van der Waals surface area contributed by atoms with Gasteiger partial charge in [-0.15, -0.1) is 6.58 Å². The zero-order valence-electron chi connectivity index (χ0n) is 9.14. The lowest BCUT2D eigenvalue weighted by atomic mass is 10.2. The van der Waals surface area contributed by atoms with Gasteiger partial charge in [0.2, 0.25) is 0 Å². The van der Waals surface area contributed by atoms with Crippen molar-refractivity contribution in [2.45, 2.75) is 13.5 Å². The maximum atomic E-state index is 10.9. The number of carbonyl (C=O) groups excluding carboxylic acids is 1. The predicted molar refractivity (Wildman–Crippen MR) is 62.5 cm³/mol. The molecule has 0 saturated carbocycles. The number of allylic oxidation sites excluding steroid dienone is 1. The Morgan fingerprint density at radius 3 is 2.94 bits per heavy atom. The number of carbonyl (C=O) groups is 1. The largest absolute Gasteiger partial charge is 0.463 e. The first kappa shape index (κ1) is 10.5. The van der Waals surface area contributed by atoms with Crippen LogP contribution in [0, 0.1) is 6.92 Å². The van der Waals surface area contributed by atoms with Crippen LogP contribution in [0.1, 0.15) is 16.1 Å². The quantitative estimate of drug-likeness (QED) is 0.580. The molecule has 0 aliphatic heterocycles. The fourth-order valence-electron chi connectivity index (χ4n) is 1.78. The molecule has 0 aliphatic rings. The molecule has 16 heavy (non-hydrogen) atoms. The molecule has 2 aromatic rings. The average molecular weight is 215 g/mol. The van der Waals surface area contributed by atoms with Crippen molar-refractivity contribution in [3.05, 3.63) is 48.4 Å². The third-order valence-corrected chi connectivity index (χ3v) is 2.62. The summed E-state index contributed by atoms with van der Waals surface area (Å²) in [5.74, 6) is 0.762. The van der Waals surface area contributed by atoms with E-state index in [-0.39, 0.29) is 0 Å². The van der Waals surface area contributed by atoms with Crippen LogP contribution in [0.25, 0.3) is 11.5 Å². The Morgan fingerprint density at radius 1 is 1.56 bits per heavy atom. The number of hydrogen-bond donors (Lipinski definition) is 0. The Morgan fingerprint density at radius 2 is 2.38 bits per heavy atom. The number of hydrogen-bond acceptors (Lipinski definition) is 2. The SMILES string of the molecule is C=CCn1c(-c2ccco2)cc(C=O)c1C. The summed E-state index contributed by atoms with van der Waals surface area (Å²) >= 11 is 0. The molecule has 2 rings (SSSR count). The Kier molecular flexibility index (Phi) is 2.77. The Bertz CT molecular complexity index is 506. The van der Waals surface area contributed by atoms with Crippen LogP contribution in [0.15, 0.2) is 41.5 Å². The molecule has 0 atom stereocenters. The molecule has 0 radical (unpaired) electrons. The summed E-state index contributed by atoms with van der Waals surface area (Å²) in [6, 6.07) is 5.55. The maximum absolute atomic E-state index is 10.9. The van der Waals surface area contributed by atoms with E-state index in [4.69, 9.17) is 4.42 Å². The van der Waals surface area contributed by atoms with Crippen LogP contribution in [0.5, 0.6) is 0 Å². The van der Waals surface area contributed by atoms with Gasteiger partial charge < -0.3 is 8.98 Å². The van der Waals surface area contributed by atoms with E-state index in [1.807, 2.05) is 29.7 Å². The monoisotopic (exact) mass is 215 g/mol. The van der Waals surface area contributed by atoms with Gasteiger partial charge in [-0.05, 0) is 25.1 Å². The molecule has 3 nitrogen and oxygen atoms in total. The molecular formula is C13H13NO2. The first-order valence-electron chi connectivity index (χ1n) is 5.08. The van der Waals surface area contributed by atoms with Crippen molar-refractivity contribution in [2.75, 3.05) is 0 Å². The van der Waals surface area contributed by atoms with E-state index >= 15 is 0 Å². The molecule has 0 amide bonds. The number of nitrogens with zero attached hydrogens (tertiary/aromatic N) is 1. The van der Waals surface area contributed by atoms with Crippen LogP contribution in [-0.2, 0) is 6.54 Å². The summed E-state index contributed by atoms with van der Waals surface area (Å²) in [5, 5.41) is 0. The van der Waals surface area contributed by atoms with Crippen molar-refractivity contribution in [3.8, 4) is 11.5 Å². The first-order chi connectivity index (χ1) is 7.77. The van der Waals surface area contributed by atoms with Crippen LogP contribution in [0.3, 0.4) is 0 Å². The highest BCUT2D eigenvalue weighted by molar-refractivity contribution is 5.80. The van der Waals surface area contributed by atoms with Gasteiger partial charge in [0.15, 0.2) is 6.29 Å². The van der Waals surface area contributed by atoms with Crippen LogP contribution in [-0.4, -0.2) is 10.9 Å². The van der Waals surface area contributed by atoms with Gasteiger partial charge in [0.25, 0.3) is 0 Å². The van der Waals surface area contributed by atoms with Gasteiger partial charge in [-0.25, -0.2) is 0 Å². The summed E-state index contributed by atoms with van der Waals surface area (Å²) in [4.78, 5) is 10.9. The van der Waals surface area contributed by atoms with Crippen molar-refractivity contribution in [3.63, 3.8) is 0 Å². The van der Waals surface area contributed by atoms with E-state index in [9.17, 15) is 4.79 Å². The molecule has 2 heterocycles. The van der Waals surface area contributed by atoms with E-state index < -0.39 is 0 Å². The predicted octanol–water partition coefficient (Wildman–Crippen LogP) is 3.06. The van der Waals surface area contributed by atoms with Gasteiger partial charge in [0.05, 0.1) is 12.0 Å². The lowest BCUT2D eigenvalue weighted by Gasteiger charge is -2.06. The van der Waals surface area contributed by atoms with E-state index in [1.54, 1.807) is 12.3 Å². The number of aldehydes is 1. The highest BCUT2D eigenvalue weighted by atomic mass is 16.3. The summed E-state index contributed by atoms with van der Waals surface area (Å²) in [5.41, 5.74) is 2.53. The van der Waals surface area contributed by atoms with Crippen molar-refractivity contribution < 1.29 is 9.21 Å². The third kappa shape index (κ3) is 1.60. The molecule has 2 aromatic heterocycles. The van der Waals surface area contributed by atoms with Crippen molar-refractivity contribution in [1.29, 1.82) is 0 Å². The highest BCUT2D eigenvalue weighted by Crippen LogP contribution is 2.25. The smallest absolute Gasteiger partial charge is 0.151 e. The second kappa shape index (κ2) is 4.23. The second-order valence-corrected chi connectivity index (χ2v) is 3.56. The summed E-state index contributed by atoms with van der Waals surface area (Å²) < 4.78 is 7.36. The molecular weight excluding hydrogens is 202 g/mol. The first-order valence-corrected chi connectivity index (χ1v) is 5.08. The molecule has 0 spiro atoms. The molecule has 0 saturated heterocycles. The highest BCUT2D eigenvalue weighted by Gasteiger charge is 2.13. The zero-order chi connectivity index (χ0) is 11.5. The van der Waals surface area contributed by atoms with Gasteiger partial charge >= 0.3 is 0 Å². The molecule has 0 aliphatic carbocycles. The maximum Gasteiger partial charge on any atom is 0.151 e. The molecule has 82 valence electrons. The molecule has 0 fully saturated rings. The molecule has 0 N–H and O–H groups in total. The number of furan rings is 1. The van der Waals surface area contributed by atoms with E-state index in [0.717, 1.165) is 23.4 Å². The average Bonchev–Trinajstić information content (AvgIpc) is 2.89. The van der Waals surface area contributed by atoms with E-state index in [2.05, 4.69) is 6.58 Å². The minimum absolute atomic E-state index is 0.662. The Balaban J connectivity index is 2.59. The minimum atomic E-state index is 0.662. The third-order valence-electron chi connectivity index (χ3n) is 2.62. The van der Waals surface area contributed by atoms with Gasteiger partial charge in [0, 0.05) is 17.8 Å². The number of rotatable bonds is 4. The van der Waals surface area contributed by atoms with Gasteiger partial charge in [-0.2, -0.15) is 0 Å². The molecule has 0 aromatic carbocycles. The van der Waals surface area contributed by atoms with E-state index in [1.165, 1.54) is 0 Å². The van der Waals surface area contributed by atoms with Crippen LogP contribution in [0.4, 0.5) is 0 Å². The van der Waals surface area contributed by atoms with Crippen molar-refractivity contribution >= 4 is 6.29 Å². The lowest BCUT2D eigenvalue weighted by Crippen LogP contribution is -2.00. The second-order valence-electron chi connectivity index (χ2n) is 3.56. The summed E-state index contributed by atoms with van der Waals surface area (Å²) in [6.07, 6.45) is 4.28. The van der Waals surface area contributed by atoms with Gasteiger partial charge in [-0.1, -0.05) is 6.08 Å². The Hall–Kier alpha value is -2.03. The molecule has 0 unspecified atom stereocenters. The normalized spacial score (nSPS) is 10.3. The fourth-order valence-corrected chi connectivity index (χ4v) is 1.78. The Labute approximate surface area is 94.0 Å². The lowest BCUT2D eigenvalue weighted by molar-refractivity contribution is 0.112. The van der Waals surface area contributed by atoms with Crippen LogP contribution >= 0.6 is 0 Å². The van der Waals surface area contributed by atoms with Crippen molar-refractivity contribution in [1.82, 2.24) is 4.57 Å². The van der Waals surface area contributed by atoms with Crippen LogP contribution < -0.4 is 0 Å². The topological polar surface area (TPSA) is 35.1 Å². The van der Waals surface area contributed by atoms with Gasteiger partial charge in [-0.3, -0.25) is 4.79 Å².